The number of aliphatic hydroxyl groups is 1. The van der Waals surface area contributed by atoms with Crippen molar-refractivity contribution < 1.29 is 5.11 Å². The summed E-state index contributed by atoms with van der Waals surface area (Å²) in [6.45, 7) is 5.99. The van der Waals surface area contributed by atoms with Crippen LogP contribution in [0.2, 0.25) is 0 Å². The lowest BCUT2D eigenvalue weighted by Gasteiger charge is -2.36. The van der Waals surface area contributed by atoms with Gasteiger partial charge in [0, 0.05) is 25.4 Å². The third kappa shape index (κ3) is 3.14. The highest BCUT2D eigenvalue weighted by Gasteiger charge is 2.28. The van der Waals surface area contributed by atoms with Crippen molar-refractivity contribution in [3.05, 3.63) is 46.0 Å². The summed E-state index contributed by atoms with van der Waals surface area (Å²) >= 11 is 0. The molecule has 5 nitrogen and oxygen atoms in total. The first kappa shape index (κ1) is 14.2. The molecule has 1 atom stereocenters. The average molecular weight is 287 g/mol. The minimum absolute atomic E-state index is 0.0533. The van der Waals surface area contributed by atoms with Crippen molar-refractivity contribution >= 4 is 5.65 Å². The average Bonchev–Trinajstić information content (AvgIpc) is 2.38. The van der Waals surface area contributed by atoms with Crippen LogP contribution in [0.15, 0.2) is 29.2 Å². The van der Waals surface area contributed by atoms with Crippen LogP contribution in [-0.2, 0) is 6.54 Å². The molecule has 0 saturated carbocycles. The van der Waals surface area contributed by atoms with E-state index in [1.54, 1.807) is 16.7 Å². The third-order valence-corrected chi connectivity index (χ3v) is 4.00. The number of fused-ring (bicyclic) bond motifs is 1. The second-order valence-corrected chi connectivity index (χ2v) is 6.33. The van der Waals surface area contributed by atoms with Crippen LogP contribution in [0.5, 0.6) is 0 Å². The minimum Gasteiger partial charge on any atom is -0.389 e. The fraction of sp³-hybridized carbons (Fsp3) is 0.500. The molecular formula is C16H21N3O2. The van der Waals surface area contributed by atoms with Crippen molar-refractivity contribution in [2.45, 2.75) is 38.8 Å². The lowest BCUT2D eigenvalue weighted by Crippen LogP contribution is -2.45. The molecular weight excluding hydrogens is 266 g/mol. The van der Waals surface area contributed by atoms with E-state index in [0.717, 1.165) is 30.6 Å². The zero-order valence-electron chi connectivity index (χ0n) is 12.5. The number of hydrogen-bond donors (Lipinski definition) is 1. The van der Waals surface area contributed by atoms with Gasteiger partial charge in [0.05, 0.1) is 11.3 Å². The number of β-amino-alcohol motifs (C(OH)–C–C–N with tert-alkyl or cyclic N) is 1. The van der Waals surface area contributed by atoms with Gasteiger partial charge in [0.25, 0.3) is 5.56 Å². The Kier molecular flexibility index (Phi) is 3.55. The van der Waals surface area contributed by atoms with E-state index in [-0.39, 0.29) is 5.56 Å². The molecule has 0 bridgehead atoms. The molecule has 2 aromatic rings. The van der Waals surface area contributed by atoms with Gasteiger partial charge in [0.1, 0.15) is 5.65 Å². The highest BCUT2D eigenvalue weighted by atomic mass is 16.3. The molecule has 3 heterocycles. The van der Waals surface area contributed by atoms with Gasteiger partial charge >= 0.3 is 0 Å². The summed E-state index contributed by atoms with van der Waals surface area (Å²) in [6.07, 6.45) is 3.61. The third-order valence-electron chi connectivity index (χ3n) is 4.00. The molecule has 0 spiro atoms. The standard InChI is InChI=1S/C16H21N3O2/c1-12-4-5-14-17-13(8-15(20)19(14)9-12)10-18-7-3-6-16(2,21)11-18/h4-5,8-9,21H,3,6-7,10-11H2,1-2H3. The molecule has 1 N–H and O–H groups in total. The van der Waals surface area contributed by atoms with Crippen LogP contribution < -0.4 is 5.56 Å². The van der Waals surface area contributed by atoms with Crippen molar-refractivity contribution in [2.75, 3.05) is 13.1 Å². The molecule has 1 unspecified atom stereocenters. The first-order valence-electron chi connectivity index (χ1n) is 7.37. The zero-order chi connectivity index (χ0) is 15.0. The van der Waals surface area contributed by atoms with Crippen LogP contribution >= 0.6 is 0 Å². The lowest BCUT2D eigenvalue weighted by atomic mass is 9.95. The molecule has 5 heteroatoms. The monoisotopic (exact) mass is 287 g/mol. The van der Waals surface area contributed by atoms with Gasteiger partial charge in [-0.15, -0.1) is 0 Å². The zero-order valence-corrected chi connectivity index (χ0v) is 12.5. The van der Waals surface area contributed by atoms with Gasteiger partial charge in [0.2, 0.25) is 0 Å². The molecule has 1 aliphatic rings. The van der Waals surface area contributed by atoms with E-state index >= 15 is 0 Å². The van der Waals surface area contributed by atoms with E-state index in [9.17, 15) is 9.90 Å². The number of aromatic nitrogens is 2. The van der Waals surface area contributed by atoms with Crippen molar-refractivity contribution in [1.29, 1.82) is 0 Å². The molecule has 0 aromatic carbocycles. The largest absolute Gasteiger partial charge is 0.389 e. The van der Waals surface area contributed by atoms with E-state index in [1.807, 2.05) is 26.0 Å². The van der Waals surface area contributed by atoms with Gasteiger partial charge in [-0.2, -0.15) is 0 Å². The number of pyridine rings is 1. The first-order valence-corrected chi connectivity index (χ1v) is 7.37. The van der Waals surface area contributed by atoms with Gasteiger partial charge < -0.3 is 5.11 Å². The summed E-state index contributed by atoms with van der Waals surface area (Å²) in [5.74, 6) is 0. The normalized spacial score (nSPS) is 23.6. The summed E-state index contributed by atoms with van der Waals surface area (Å²) in [5, 5.41) is 10.2. The van der Waals surface area contributed by atoms with Crippen molar-refractivity contribution in [3.8, 4) is 0 Å². The van der Waals surface area contributed by atoms with Crippen molar-refractivity contribution in [3.63, 3.8) is 0 Å². The molecule has 1 aliphatic heterocycles. The highest BCUT2D eigenvalue weighted by Crippen LogP contribution is 2.21. The molecule has 112 valence electrons. The number of aryl methyl sites for hydroxylation is 1. The Hall–Kier alpha value is -1.72. The maximum absolute atomic E-state index is 12.2. The van der Waals surface area contributed by atoms with Crippen molar-refractivity contribution in [1.82, 2.24) is 14.3 Å². The second kappa shape index (κ2) is 5.24. The quantitative estimate of drug-likeness (QED) is 0.906. The lowest BCUT2D eigenvalue weighted by molar-refractivity contribution is -0.0184. The van der Waals surface area contributed by atoms with Crippen LogP contribution in [0, 0.1) is 6.92 Å². The Balaban J connectivity index is 1.88. The molecule has 1 saturated heterocycles. The van der Waals surface area contributed by atoms with Gasteiger partial charge in [-0.3, -0.25) is 14.1 Å². The predicted octanol–water partition coefficient (Wildman–Crippen LogP) is 1.35. The fourth-order valence-corrected chi connectivity index (χ4v) is 3.03. The molecule has 0 radical (unpaired) electrons. The number of piperidine rings is 1. The Morgan fingerprint density at radius 2 is 2.24 bits per heavy atom. The van der Waals surface area contributed by atoms with Crippen LogP contribution in [-0.4, -0.2) is 38.1 Å². The topological polar surface area (TPSA) is 57.8 Å². The van der Waals surface area contributed by atoms with E-state index in [0.29, 0.717) is 18.7 Å². The molecule has 0 aliphatic carbocycles. The molecule has 3 rings (SSSR count). The maximum atomic E-state index is 12.2. The number of hydrogen-bond acceptors (Lipinski definition) is 4. The number of likely N-dealkylation sites (tertiary alicyclic amines) is 1. The molecule has 0 amide bonds. The van der Waals surface area contributed by atoms with E-state index in [1.165, 1.54) is 0 Å². The van der Waals surface area contributed by atoms with Gasteiger partial charge in [-0.25, -0.2) is 4.98 Å². The summed E-state index contributed by atoms with van der Waals surface area (Å²) in [4.78, 5) is 18.9. The first-order chi connectivity index (χ1) is 9.93. The smallest absolute Gasteiger partial charge is 0.258 e. The van der Waals surface area contributed by atoms with Gasteiger partial charge in [-0.05, 0) is 44.9 Å². The number of rotatable bonds is 2. The molecule has 21 heavy (non-hydrogen) atoms. The predicted molar refractivity (Wildman–Crippen MR) is 81.3 cm³/mol. The Bertz CT molecular complexity index is 721. The van der Waals surface area contributed by atoms with Crippen LogP contribution in [0.1, 0.15) is 31.0 Å². The summed E-state index contributed by atoms with van der Waals surface area (Å²) in [6, 6.07) is 5.42. The summed E-state index contributed by atoms with van der Waals surface area (Å²) in [5.41, 5.74) is 1.78. The minimum atomic E-state index is -0.638. The van der Waals surface area contributed by atoms with Crippen LogP contribution in [0.3, 0.4) is 0 Å². The molecule has 2 aromatic heterocycles. The Morgan fingerprint density at radius 1 is 1.43 bits per heavy atom. The maximum Gasteiger partial charge on any atom is 0.258 e. The van der Waals surface area contributed by atoms with Crippen LogP contribution in [0.25, 0.3) is 5.65 Å². The van der Waals surface area contributed by atoms with Crippen LogP contribution in [0.4, 0.5) is 0 Å². The Morgan fingerprint density at radius 3 is 3.00 bits per heavy atom. The second-order valence-electron chi connectivity index (χ2n) is 6.33. The van der Waals surface area contributed by atoms with Gasteiger partial charge in [0.15, 0.2) is 0 Å². The molecule has 1 fully saturated rings. The van der Waals surface area contributed by atoms with Gasteiger partial charge in [-0.1, -0.05) is 6.07 Å². The number of nitrogens with zero attached hydrogens (tertiary/aromatic N) is 3. The van der Waals surface area contributed by atoms with E-state index in [4.69, 9.17) is 0 Å². The van der Waals surface area contributed by atoms with E-state index < -0.39 is 5.60 Å². The van der Waals surface area contributed by atoms with Crippen molar-refractivity contribution in [2.24, 2.45) is 0 Å². The Labute approximate surface area is 123 Å². The summed E-state index contributed by atoms with van der Waals surface area (Å²) in [7, 11) is 0. The SMILES string of the molecule is Cc1ccc2nc(CN3CCCC(C)(O)C3)cc(=O)n2c1. The highest BCUT2D eigenvalue weighted by molar-refractivity contribution is 5.39. The van der Waals surface area contributed by atoms with E-state index in [2.05, 4.69) is 9.88 Å². The summed E-state index contributed by atoms with van der Waals surface area (Å²) < 4.78 is 1.57. The fourth-order valence-electron chi connectivity index (χ4n) is 3.03.